The Morgan fingerprint density at radius 2 is 2.36 bits per heavy atom. The molecule has 1 fully saturated rings. The van der Waals surface area contributed by atoms with Gasteiger partial charge in [-0.25, -0.2) is 0 Å². The molecule has 2 nitrogen and oxygen atoms in total. The van der Waals surface area contributed by atoms with Gasteiger partial charge in [0, 0.05) is 22.5 Å². The van der Waals surface area contributed by atoms with E-state index in [4.69, 9.17) is 0 Å². The molecule has 0 amide bonds. The van der Waals surface area contributed by atoms with E-state index in [2.05, 4.69) is 21.2 Å². The highest BCUT2D eigenvalue weighted by Gasteiger charge is 2.20. The molecule has 0 aromatic heterocycles. The summed E-state index contributed by atoms with van der Waals surface area (Å²) in [6.07, 6.45) is 1.75. The monoisotopic (exact) mass is 253 g/mol. The van der Waals surface area contributed by atoms with Crippen molar-refractivity contribution in [2.45, 2.75) is 18.9 Å². The topological polar surface area (TPSA) is 29.1 Å². The number of halogens is 1. The van der Waals surface area contributed by atoms with Gasteiger partial charge in [0.25, 0.3) is 0 Å². The number of hydrogen-bond donors (Lipinski definition) is 1. The molecular weight excluding hydrogens is 242 g/mol. The van der Waals surface area contributed by atoms with Crippen LogP contribution in [0.1, 0.15) is 23.2 Å². The van der Waals surface area contributed by atoms with Gasteiger partial charge in [0.15, 0.2) is 5.78 Å². The third-order valence-electron chi connectivity index (χ3n) is 2.50. The highest BCUT2D eigenvalue weighted by Crippen LogP contribution is 2.16. The normalized spacial score (nSPS) is 20.2. The van der Waals surface area contributed by atoms with E-state index < -0.39 is 0 Å². The van der Waals surface area contributed by atoms with E-state index in [0.717, 1.165) is 23.0 Å². The Labute approximate surface area is 91.8 Å². The Kier molecular flexibility index (Phi) is 2.99. The standard InChI is InChI=1S/C11H12BrNO/c12-9-3-1-2-8(6-9)11(14)7-10-4-5-13-10/h1-3,6,10,13H,4-5,7H2. The van der Waals surface area contributed by atoms with Crippen LogP contribution in [0.3, 0.4) is 0 Å². The van der Waals surface area contributed by atoms with Gasteiger partial charge in [-0.3, -0.25) is 4.79 Å². The van der Waals surface area contributed by atoms with E-state index in [-0.39, 0.29) is 5.78 Å². The minimum absolute atomic E-state index is 0.225. The third kappa shape index (κ3) is 2.22. The van der Waals surface area contributed by atoms with Gasteiger partial charge in [-0.05, 0) is 25.1 Å². The number of nitrogens with one attached hydrogen (secondary N) is 1. The predicted molar refractivity (Wildman–Crippen MR) is 59.5 cm³/mol. The maximum atomic E-state index is 11.7. The fourth-order valence-corrected chi connectivity index (χ4v) is 1.93. The van der Waals surface area contributed by atoms with Crippen LogP contribution in [-0.2, 0) is 0 Å². The van der Waals surface area contributed by atoms with Crippen LogP contribution in [0.5, 0.6) is 0 Å². The molecule has 14 heavy (non-hydrogen) atoms. The largest absolute Gasteiger partial charge is 0.313 e. The molecule has 0 spiro atoms. The molecule has 3 heteroatoms. The maximum Gasteiger partial charge on any atom is 0.164 e. The Morgan fingerprint density at radius 1 is 1.57 bits per heavy atom. The van der Waals surface area contributed by atoms with E-state index in [0.29, 0.717) is 12.5 Å². The van der Waals surface area contributed by atoms with E-state index in [9.17, 15) is 4.79 Å². The molecule has 1 aromatic rings. The Hall–Kier alpha value is -0.670. The van der Waals surface area contributed by atoms with Crippen LogP contribution in [-0.4, -0.2) is 18.4 Å². The lowest BCUT2D eigenvalue weighted by Gasteiger charge is -2.26. The van der Waals surface area contributed by atoms with Gasteiger partial charge < -0.3 is 5.32 Å². The molecule has 1 aromatic carbocycles. The second-order valence-electron chi connectivity index (χ2n) is 3.58. The van der Waals surface area contributed by atoms with Crippen molar-refractivity contribution in [2.24, 2.45) is 0 Å². The van der Waals surface area contributed by atoms with E-state index in [1.54, 1.807) is 0 Å². The van der Waals surface area contributed by atoms with E-state index in [1.165, 1.54) is 0 Å². The van der Waals surface area contributed by atoms with E-state index in [1.807, 2.05) is 24.3 Å². The number of carbonyl (C=O) groups is 1. The summed E-state index contributed by atoms with van der Waals surface area (Å²) in [7, 11) is 0. The summed E-state index contributed by atoms with van der Waals surface area (Å²) in [5, 5.41) is 3.23. The zero-order valence-electron chi connectivity index (χ0n) is 7.79. The smallest absolute Gasteiger partial charge is 0.164 e. The first kappa shape index (κ1) is 9.87. The number of carbonyl (C=O) groups excluding carboxylic acids is 1. The first-order chi connectivity index (χ1) is 6.75. The van der Waals surface area contributed by atoms with Crippen molar-refractivity contribution in [1.29, 1.82) is 0 Å². The first-order valence-electron chi connectivity index (χ1n) is 4.78. The fraction of sp³-hybridized carbons (Fsp3) is 0.364. The third-order valence-corrected chi connectivity index (χ3v) is 3.00. The van der Waals surface area contributed by atoms with Crippen LogP contribution in [0.4, 0.5) is 0 Å². The van der Waals surface area contributed by atoms with Crippen molar-refractivity contribution in [3.05, 3.63) is 34.3 Å². The minimum Gasteiger partial charge on any atom is -0.313 e. The number of rotatable bonds is 3. The molecule has 0 radical (unpaired) electrons. The lowest BCUT2D eigenvalue weighted by atomic mass is 9.97. The molecule has 1 N–H and O–H groups in total. The van der Waals surface area contributed by atoms with Gasteiger partial charge in [-0.1, -0.05) is 28.1 Å². The highest BCUT2D eigenvalue weighted by molar-refractivity contribution is 9.10. The van der Waals surface area contributed by atoms with Crippen LogP contribution >= 0.6 is 15.9 Å². The molecular formula is C11H12BrNO. The second-order valence-corrected chi connectivity index (χ2v) is 4.49. The van der Waals surface area contributed by atoms with Crippen LogP contribution in [0, 0.1) is 0 Å². The van der Waals surface area contributed by atoms with Gasteiger partial charge in [0.05, 0.1) is 0 Å². The predicted octanol–water partition coefficient (Wildman–Crippen LogP) is 2.38. The minimum atomic E-state index is 0.225. The van der Waals surface area contributed by atoms with E-state index >= 15 is 0 Å². The molecule has 74 valence electrons. The Bertz CT molecular complexity index is 347. The van der Waals surface area contributed by atoms with Crippen molar-refractivity contribution < 1.29 is 4.79 Å². The number of hydrogen-bond acceptors (Lipinski definition) is 2. The SMILES string of the molecule is O=C(CC1CCN1)c1cccc(Br)c1. The summed E-state index contributed by atoms with van der Waals surface area (Å²) >= 11 is 3.36. The highest BCUT2D eigenvalue weighted by atomic mass is 79.9. The van der Waals surface area contributed by atoms with Crippen molar-refractivity contribution >= 4 is 21.7 Å². The Balaban J connectivity index is 2.02. The van der Waals surface area contributed by atoms with Crippen LogP contribution in [0.25, 0.3) is 0 Å². The summed E-state index contributed by atoms with van der Waals surface area (Å²) in [5.74, 6) is 0.225. The van der Waals surface area contributed by atoms with Crippen LogP contribution in [0.15, 0.2) is 28.7 Å². The molecule has 1 atom stereocenters. The molecule has 1 aliphatic rings. The summed E-state index contributed by atoms with van der Waals surface area (Å²) < 4.78 is 0.963. The lowest BCUT2D eigenvalue weighted by Crippen LogP contribution is -2.44. The summed E-state index contributed by atoms with van der Waals surface area (Å²) in [5.41, 5.74) is 0.799. The average molecular weight is 254 g/mol. The van der Waals surface area contributed by atoms with Crippen molar-refractivity contribution in [3.63, 3.8) is 0 Å². The first-order valence-corrected chi connectivity index (χ1v) is 5.57. The van der Waals surface area contributed by atoms with Crippen molar-refractivity contribution in [2.75, 3.05) is 6.54 Å². The molecule has 0 bridgehead atoms. The molecule has 1 aliphatic heterocycles. The zero-order valence-corrected chi connectivity index (χ0v) is 9.38. The summed E-state index contributed by atoms with van der Waals surface area (Å²) in [6, 6.07) is 7.97. The number of ketones is 1. The van der Waals surface area contributed by atoms with Gasteiger partial charge >= 0.3 is 0 Å². The molecule has 0 aliphatic carbocycles. The van der Waals surface area contributed by atoms with Gasteiger partial charge in [-0.2, -0.15) is 0 Å². The zero-order chi connectivity index (χ0) is 9.97. The molecule has 1 unspecified atom stereocenters. The molecule has 0 saturated carbocycles. The second kappa shape index (κ2) is 4.24. The van der Waals surface area contributed by atoms with Gasteiger partial charge in [0.2, 0.25) is 0 Å². The quantitative estimate of drug-likeness (QED) is 0.839. The van der Waals surface area contributed by atoms with Crippen LogP contribution in [0.2, 0.25) is 0 Å². The van der Waals surface area contributed by atoms with Crippen molar-refractivity contribution in [1.82, 2.24) is 5.32 Å². The van der Waals surface area contributed by atoms with Crippen molar-refractivity contribution in [3.8, 4) is 0 Å². The maximum absolute atomic E-state index is 11.7. The molecule has 2 rings (SSSR count). The van der Waals surface area contributed by atoms with Crippen LogP contribution < -0.4 is 5.32 Å². The number of Topliss-reactive ketones (excluding diaryl/α,β-unsaturated/α-hetero) is 1. The molecule has 1 heterocycles. The molecule has 1 saturated heterocycles. The lowest BCUT2D eigenvalue weighted by molar-refractivity contribution is 0.0956. The summed E-state index contributed by atoms with van der Waals surface area (Å²) in [4.78, 5) is 11.7. The average Bonchev–Trinajstić information content (AvgIpc) is 2.11. The Morgan fingerprint density at radius 3 is 2.93 bits per heavy atom. The number of benzene rings is 1. The van der Waals surface area contributed by atoms with Gasteiger partial charge in [0.1, 0.15) is 0 Å². The fourth-order valence-electron chi connectivity index (χ4n) is 1.53. The summed E-state index contributed by atoms with van der Waals surface area (Å²) in [6.45, 7) is 1.05. The van der Waals surface area contributed by atoms with Gasteiger partial charge in [-0.15, -0.1) is 0 Å².